The average Bonchev–Trinajstić information content (AvgIpc) is 2.25. The van der Waals surface area contributed by atoms with Gasteiger partial charge in [-0.2, -0.15) is 0 Å². The molecule has 0 bridgehead atoms. The zero-order chi connectivity index (χ0) is 13.7. The van der Waals surface area contributed by atoms with Crippen molar-refractivity contribution in [1.29, 1.82) is 0 Å². The van der Waals surface area contributed by atoms with Gasteiger partial charge in [-0.25, -0.2) is 4.39 Å². The molecule has 18 heavy (non-hydrogen) atoms. The van der Waals surface area contributed by atoms with Crippen LogP contribution in [-0.4, -0.2) is 28.6 Å². The number of nitrogens with one attached hydrogen (secondary N) is 1. The SMILES string of the molecule is CC(CNC(=O)c1ccc(F)cc1O)CC(=O)O. The van der Waals surface area contributed by atoms with E-state index in [0.717, 1.165) is 12.1 Å². The van der Waals surface area contributed by atoms with Gasteiger partial charge in [-0.15, -0.1) is 0 Å². The predicted octanol–water partition coefficient (Wildman–Crippen LogP) is 1.37. The summed E-state index contributed by atoms with van der Waals surface area (Å²) in [7, 11) is 0. The molecule has 0 spiro atoms. The number of amides is 1. The van der Waals surface area contributed by atoms with Gasteiger partial charge in [-0.3, -0.25) is 9.59 Å². The van der Waals surface area contributed by atoms with Crippen LogP contribution >= 0.6 is 0 Å². The minimum absolute atomic E-state index is 0.0427. The second-order valence-corrected chi connectivity index (χ2v) is 4.07. The lowest BCUT2D eigenvalue weighted by atomic mass is 10.1. The van der Waals surface area contributed by atoms with Crippen LogP contribution in [0.5, 0.6) is 5.75 Å². The molecule has 1 unspecified atom stereocenters. The van der Waals surface area contributed by atoms with Gasteiger partial charge in [0, 0.05) is 19.0 Å². The second kappa shape index (κ2) is 6.00. The van der Waals surface area contributed by atoms with E-state index in [-0.39, 0.29) is 24.4 Å². The Morgan fingerprint density at radius 1 is 1.44 bits per heavy atom. The van der Waals surface area contributed by atoms with Gasteiger partial charge in [0.1, 0.15) is 11.6 Å². The van der Waals surface area contributed by atoms with Crippen LogP contribution in [0.3, 0.4) is 0 Å². The minimum Gasteiger partial charge on any atom is -0.507 e. The smallest absolute Gasteiger partial charge is 0.303 e. The highest BCUT2D eigenvalue weighted by atomic mass is 19.1. The largest absolute Gasteiger partial charge is 0.507 e. The van der Waals surface area contributed by atoms with E-state index in [2.05, 4.69) is 5.32 Å². The Labute approximate surface area is 103 Å². The first-order valence-corrected chi connectivity index (χ1v) is 5.38. The molecule has 98 valence electrons. The van der Waals surface area contributed by atoms with Crippen LogP contribution in [0.15, 0.2) is 18.2 Å². The topological polar surface area (TPSA) is 86.6 Å². The second-order valence-electron chi connectivity index (χ2n) is 4.07. The molecule has 1 atom stereocenters. The summed E-state index contributed by atoms with van der Waals surface area (Å²) >= 11 is 0. The molecule has 6 heteroatoms. The Hall–Kier alpha value is -2.11. The summed E-state index contributed by atoms with van der Waals surface area (Å²) in [5, 5.41) is 20.4. The highest BCUT2D eigenvalue weighted by Gasteiger charge is 2.13. The molecule has 0 aliphatic heterocycles. The summed E-state index contributed by atoms with van der Waals surface area (Å²) in [6, 6.07) is 3.08. The number of carbonyl (C=O) groups excluding carboxylic acids is 1. The molecule has 0 saturated carbocycles. The summed E-state index contributed by atoms with van der Waals surface area (Å²) in [4.78, 5) is 22.0. The maximum absolute atomic E-state index is 12.7. The molecule has 5 nitrogen and oxygen atoms in total. The zero-order valence-electron chi connectivity index (χ0n) is 9.81. The number of phenolic OH excluding ortho intramolecular Hbond substituents is 1. The number of benzene rings is 1. The fraction of sp³-hybridized carbons (Fsp3) is 0.333. The highest BCUT2D eigenvalue weighted by Crippen LogP contribution is 2.17. The summed E-state index contributed by atoms with van der Waals surface area (Å²) in [5.74, 6) is -2.82. The molecule has 0 aliphatic carbocycles. The van der Waals surface area contributed by atoms with Gasteiger partial charge < -0.3 is 15.5 Å². The van der Waals surface area contributed by atoms with Crippen molar-refractivity contribution < 1.29 is 24.2 Å². The van der Waals surface area contributed by atoms with Crippen LogP contribution in [0.1, 0.15) is 23.7 Å². The first kappa shape index (κ1) is 14.0. The lowest BCUT2D eigenvalue weighted by Gasteiger charge is -2.11. The Bertz CT molecular complexity index is 461. The molecule has 1 aromatic rings. The van der Waals surface area contributed by atoms with Crippen LogP contribution in [-0.2, 0) is 4.79 Å². The van der Waals surface area contributed by atoms with Crippen LogP contribution < -0.4 is 5.32 Å². The Balaban J connectivity index is 2.58. The first-order chi connectivity index (χ1) is 8.40. The van der Waals surface area contributed by atoms with E-state index in [9.17, 15) is 19.1 Å². The first-order valence-electron chi connectivity index (χ1n) is 5.38. The van der Waals surface area contributed by atoms with Gasteiger partial charge in [0.15, 0.2) is 0 Å². The fourth-order valence-corrected chi connectivity index (χ4v) is 1.43. The van der Waals surface area contributed by atoms with Crippen LogP contribution in [0.25, 0.3) is 0 Å². The molecule has 1 amide bonds. The lowest BCUT2D eigenvalue weighted by Crippen LogP contribution is -2.29. The van der Waals surface area contributed by atoms with Gasteiger partial charge >= 0.3 is 5.97 Å². The quantitative estimate of drug-likeness (QED) is 0.741. The molecule has 3 N–H and O–H groups in total. The normalized spacial score (nSPS) is 11.9. The predicted molar refractivity (Wildman–Crippen MR) is 61.8 cm³/mol. The monoisotopic (exact) mass is 255 g/mol. The maximum atomic E-state index is 12.7. The summed E-state index contributed by atoms with van der Waals surface area (Å²) in [6.45, 7) is 1.85. The molecule has 0 aliphatic rings. The molecular formula is C12H14FNO4. The number of rotatable bonds is 5. The Kier molecular flexibility index (Phi) is 4.65. The zero-order valence-corrected chi connectivity index (χ0v) is 9.81. The molecule has 1 rings (SSSR count). The van der Waals surface area contributed by atoms with Crippen molar-refractivity contribution in [2.24, 2.45) is 5.92 Å². The molecule has 0 heterocycles. The van der Waals surface area contributed by atoms with Crippen molar-refractivity contribution in [1.82, 2.24) is 5.32 Å². The van der Waals surface area contributed by atoms with E-state index in [4.69, 9.17) is 5.11 Å². The van der Waals surface area contributed by atoms with Gasteiger partial charge in [0.25, 0.3) is 5.91 Å². The summed E-state index contributed by atoms with van der Waals surface area (Å²) in [5.41, 5.74) is -0.0427. The number of hydrogen-bond acceptors (Lipinski definition) is 3. The third kappa shape index (κ3) is 4.04. The number of halogens is 1. The van der Waals surface area contributed by atoms with Gasteiger partial charge in [0.05, 0.1) is 5.56 Å². The number of aromatic hydroxyl groups is 1. The Morgan fingerprint density at radius 3 is 2.67 bits per heavy atom. The number of hydrogen-bond donors (Lipinski definition) is 3. The van der Waals surface area contributed by atoms with Gasteiger partial charge in [-0.05, 0) is 18.1 Å². The fourth-order valence-electron chi connectivity index (χ4n) is 1.43. The van der Waals surface area contributed by atoms with Crippen molar-refractivity contribution in [3.05, 3.63) is 29.6 Å². The molecule has 0 aromatic heterocycles. The molecular weight excluding hydrogens is 241 g/mol. The van der Waals surface area contributed by atoms with E-state index in [1.807, 2.05) is 0 Å². The van der Waals surface area contributed by atoms with Crippen molar-refractivity contribution >= 4 is 11.9 Å². The number of aliphatic carboxylic acids is 1. The number of phenols is 1. The maximum Gasteiger partial charge on any atom is 0.303 e. The molecule has 1 aromatic carbocycles. The highest BCUT2D eigenvalue weighted by molar-refractivity contribution is 5.96. The van der Waals surface area contributed by atoms with Crippen molar-refractivity contribution in [2.75, 3.05) is 6.54 Å². The van der Waals surface area contributed by atoms with Gasteiger partial charge in [0.2, 0.25) is 0 Å². The van der Waals surface area contributed by atoms with Crippen molar-refractivity contribution in [2.45, 2.75) is 13.3 Å². The van der Waals surface area contributed by atoms with Gasteiger partial charge in [-0.1, -0.05) is 6.92 Å². The van der Waals surface area contributed by atoms with E-state index < -0.39 is 23.4 Å². The van der Waals surface area contributed by atoms with Crippen molar-refractivity contribution in [3.8, 4) is 5.75 Å². The van der Waals surface area contributed by atoms with E-state index in [1.165, 1.54) is 6.07 Å². The van der Waals surface area contributed by atoms with E-state index >= 15 is 0 Å². The van der Waals surface area contributed by atoms with Crippen molar-refractivity contribution in [3.63, 3.8) is 0 Å². The average molecular weight is 255 g/mol. The van der Waals surface area contributed by atoms with Crippen LogP contribution in [0, 0.1) is 11.7 Å². The summed E-state index contributed by atoms with van der Waals surface area (Å²) in [6.07, 6.45) is -0.0598. The molecule has 0 saturated heterocycles. The molecule has 0 radical (unpaired) electrons. The van der Waals surface area contributed by atoms with Crippen LogP contribution in [0.4, 0.5) is 4.39 Å². The molecule has 0 fully saturated rings. The lowest BCUT2D eigenvalue weighted by molar-refractivity contribution is -0.137. The number of carboxylic acids is 1. The van der Waals surface area contributed by atoms with Crippen LogP contribution in [0.2, 0.25) is 0 Å². The minimum atomic E-state index is -0.943. The standard InChI is InChI=1S/C12H14FNO4/c1-7(4-11(16)17)6-14-12(18)9-3-2-8(13)5-10(9)15/h2-3,5,7,15H,4,6H2,1H3,(H,14,18)(H,16,17). The summed E-state index contributed by atoms with van der Waals surface area (Å²) < 4.78 is 12.7. The third-order valence-corrected chi connectivity index (χ3v) is 2.34. The van der Waals surface area contributed by atoms with E-state index in [0.29, 0.717) is 0 Å². The number of carboxylic acid groups (broad SMARTS) is 1. The third-order valence-electron chi connectivity index (χ3n) is 2.34. The Morgan fingerprint density at radius 2 is 2.11 bits per heavy atom. The number of carbonyl (C=O) groups is 2. The van der Waals surface area contributed by atoms with E-state index in [1.54, 1.807) is 6.92 Å².